The van der Waals surface area contributed by atoms with Crippen LogP contribution in [0.25, 0.3) is 5.32 Å². The van der Waals surface area contributed by atoms with Gasteiger partial charge < -0.3 is 16.0 Å². The molecule has 0 fully saturated rings. The van der Waals surface area contributed by atoms with Gasteiger partial charge in [-0.25, -0.2) is 0 Å². The van der Waals surface area contributed by atoms with E-state index in [1.807, 2.05) is 30.3 Å². The van der Waals surface area contributed by atoms with Crippen LogP contribution in [0.4, 0.5) is 18.9 Å². The predicted octanol–water partition coefficient (Wildman–Crippen LogP) is 6.06. The van der Waals surface area contributed by atoms with Crippen LogP contribution in [0.5, 0.6) is 0 Å². The average molecular weight is 401 g/mol. The van der Waals surface area contributed by atoms with Crippen molar-refractivity contribution >= 4 is 11.5 Å². The van der Waals surface area contributed by atoms with Crippen molar-refractivity contribution in [3.63, 3.8) is 0 Å². The summed E-state index contributed by atoms with van der Waals surface area (Å²) in [4.78, 5) is 4.66. The van der Waals surface area contributed by atoms with E-state index in [2.05, 4.69) is 34.8 Å². The molecule has 2 atom stereocenters. The number of aliphatic imine (C=N–C) groups is 1. The van der Waals surface area contributed by atoms with Crippen LogP contribution >= 0.6 is 0 Å². The third-order valence-corrected chi connectivity index (χ3v) is 4.84. The van der Waals surface area contributed by atoms with E-state index >= 15 is 0 Å². The number of rotatable bonds is 5. The minimum atomic E-state index is -4.40. The van der Waals surface area contributed by atoms with Crippen molar-refractivity contribution in [3.8, 4) is 0 Å². The van der Waals surface area contributed by atoms with Crippen molar-refractivity contribution in [1.29, 1.82) is 0 Å². The molecule has 0 amide bonds. The summed E-state index contributed by atoms with van der Waals surface area (Å²) >= 11 is 0. The molecule has 1 aliphatic heterocycles. The van der Waals surface area contributed by atoms with E-state index in [0.29, 0.717) is 23.1 Å². The lowest BCUT2D eigenvalue weighted by molar-refractivity contribution is -0.137. The number of hydrogen-bond acceptors (Lipinski definition) is 3. The molecule has 2 aromatic carbocycles. The number of hydrogen-bond donors (Lipinski definition) is 2. The van der Waals surface area contributed by atoms with Crippen molar-refractivity contribution in [3.05, 3.63) is 82.4 Å². The van der Waals surface area contributed by atoms with Gasteiger partial charge in [0, 0.05) is 11.3 Å². The molecule has 2 N–H and O–H groups in total. The number of nitrogens with one attached hydrogen (secondary N) is 2. The first kappa shape index (κ1) is 20.8. The molecule has 1 heterocycles. The third kappa shape index (κ3) is 4.91. The third-order valence-electron chi connectivity index (χ3n) is 4.84. The van der Waals surface area contributed by atoms with Crippen molar-refractivity contribution in [1.82, 2.24) is 5.32 Å². The van der Waals surface area contributed by atoms with Crippen LogP contribution in [0.15, 0.2) is 65.4 Å². The molecule has 2 aromatic rings. The summed E-state index contributed by atoms with van der Waals surface area (Å²) in [5, 5.41) is 10.8. The molecule has 0 bridgehead atoms. The molecule has 3 rings (SSSR count). The number of amidine groups is 1. The quantitative estimate of drug-likeness (QED) is 0.640. The standard InChI is InChI=1S/C22H24F3N4/c1-4-14(2)12-19(26-3)28-21-17-10-5-6-11-18(17)27-20(29-21)15-8-7-9-16(13-15)22(23,24)25/h5-14,20,27H,4H2,1-3H3,(H,28,29)/q-1/b19-12+/t14-,20?/m0/s1. The second-order valence-corrected chi connectivity index (χ2v) is 6.98. The normalized spacial score (nSPS) is 17.7. The van der Waals surface area contributed by atoms with Gasteiger partial charge in [0.1, 0.15) is 6.17 Å². The smallest absolute Gasteiger partial charge is 0.416 e. The van der Waals surface area contributed by atoms with Crippen LogP contribution in [0.2, 0.25) is 0 Å². The molecular weight excluding hydrogens is 377 g/mol. The van der Waals surface area contributed by atoms with Crippen molar-refractivity contribution < 1.29 is 13.2 Å². The summed E-state index contributed by atoms with van der Waals surface area (Å²) in [5.41, 5.74) is 1.39. The Morgan fingerprint density at radius 1 is 1.24 bits per heavy atom. The first-order chi connectivity index (χ1) is 13.8. The first-order valence-corrected chi connectivity index (χ1v) is 9.51. The number of allylic oxidation sites excluding steroid dienone is 1. The van der Waals surface area contributed by atoms with Gasteiger partial charge in [-0.15, -0.1) is 0 Å². The van der Waals surface area contributed by atoms with Crippen molar-refractivity contribution in [2.45, 2.75) is 32.6 Å². The Morgan fingerprint density at radius 3 is 2.69 bits per heavy atom. The zero-order valence-electron chi connectivity index (χ0n) is 16.6. The lowest BCUT2D eigenvalue weighted by Crippen LogP contribution is -2.30. The second-order valence-electron chi connectivity index (χ2n) is 6.98. The number of nitrogens with zero attached hydrogens (tertiary/aromatic N) is 2. The van der Waals surface area contributed by atoms with Crippen LogP contribution in [0.3, 0.4) is 0 Å². The second kappa shape index (κ2) is 8.59. The molecule has 29 heavy (non-hydrogen) atoms. The van der Waals surface area contributed by atoms with E-state index in [4.69, 9.17) is 0 Å². The zero-order chi connectivity index (χ0) is 21.0. The summed E-state index contributed by atoms with van der Waals surface area (Å²) in [7, 11) is 1.69. The van der Waals surface area contributed by atoms with Crippen LogP contribution in [0, 0.1) is 5.92 Å². The topological polar surface area (TPSA) is 50.5 Å². The number of fused-ring (bicyclic) bond motifs is 1. The van der Waals surface area contributed by atoms with E-state index in [-0.39, 0.29) is 0 Å². The summed E-state index contributed by atoms with van der Waals surface area (Å²) in [6, 6.07) is 12.8. The number of alkyl halides is 3. The molecular formula is C22H24F3N4-. The van der Waals surface area contributed by atoms with Gasteiger partial charge in [0.25, 0.3) is 0 Å². The van der Waals surface area contributed by atoms with Gasteiger partial charge in [0.2, 0.25) is 0 Å². The Balaban J connectivity index is 1.99. The molecule has 0 radical (unpaired) electrons. The summed E-state index contributed by atoms with van der Waals surface area (Å²) in [6.07, 6.45) is -2.05. The Hall–Kier alpha value is -2.96. The number of para-hydroxylation sites is 1. The first-order valence-electron chi connectivity index (χ1n) is 9.51. The highest BCUT2D eigenvalue weighted by molar-refractivity contribution is 6.05. The van der Waals surface area contributed by atoms with E-state index < -0.39 is 17.9 Å². The van der Waals surface area contributed by atoms with Crippen molar-refractivity contribution in [2.75, 3.05) is 12.4 Å². The summed E-state index contributed by atoms with van der Waals surface area (Å²) < 4.78 is 39.4. The number of halogens is 3. The highest BCUT2D eigenvalue weighted by atomic mass is 19.4. The van der Waals surface area contributed by atoms with Crippen LogP contribution in [-0.2, 0) is 6.18 Å². The highest BCUT2D eigenvalue weighted by Crippen LogP contribution is 2.34. The molecule has 0 saturated heterocycles. The molecule has 154 valence electrons. The number of anilines is 1. The Bertz CT molecular complexity index is 918. The number of benzene rings is 2. The molecule has 4 nitrogen and oxygen atoms in total. The van der Waals surface area contributed by atoms with Gasteiger partial charge >= 0.3 is 6.18 Å². The van der Waals surface area contributed by atoms with Gasteiger partial charge in [-0.2, -0.15) is 13.2 Å². The fourth-order valence-corrected chi connectivity index (χ4v) is 3.02. The molecule has 7 heteroatoms. The van der Waals surface area contributed by atoms with Crippen LogP contribution in [-0.4, -0.2) is 12.9 Å². The SMILES string of the molecule is CC[C@H](C)/C=C(\[N-]C)NC1=NC(c2cccc(C(F)(F)F)c2)Nc2ccccc21. The lowest BCUT2D eigenvalue weighted by Gasteiger charge is -2.31. The largest absolute Gasteiger partial charge is 0.469 e. The van der Waals surface area contributed by atoms with E-state index in [1.54, 1.807) is 13.1 Å². The van der Waals surface area contributed by atoms with Crippen LogP contribution < -0.4 is 10.6 Å². The Kier molecular flexibility index (Phi) is 6.15. The highest BCUT2D eigenvalue weighted by Gasteiger charge is 2.31. The fraction of sp³-hybridized carbons (Fsp3) is 0.318. The Morgan fingerprint density at radius 2 is 2.00 bits per heavy atom. The molecule has 0 spiro atoms. The maximum atomic E-state index is 13.1. The van der Waals surface area contributed by atoms with E-state index in [0.717, 1.165) is 29.8 Å². The molecule has 1 unspecified atom stereocenters. The zero-order valence-corrected chi connectivity index (χ0v) is 16.6. The minimum Gasteiger partial charge on any atom is -0.469 e. The summed E-state index contributed by atoms with van der Waals surface area (Å²) in [6.45, 7) is 4.19. The average Bonchev–Trinajstić information content (AvgIpc) is 2.72. The van der Waals surface area contributed by atoms with Gasteiger partial charge in [0.15, 0.2) is 0 Å². The van der Waals surface area contributed by atoms with Gasteiger partial charge in [-0.05, 0) is 29.7 Å². The van der Waals surface area contributed by atoms with Gasteiger partial charge in [0.05, 0.1) is 11.4 Å². The Labute approximate surface area is 168 Å². The monoisotopic (exact) mass is 401 g/mol. The van der Waals surface area contributed by atoms with Gasteiger partial charge in [-0.1, -0.05) is 69.5 Å². The van der Waals surface area contributed by atoms with E-state index in [1.165, 1.54) is 6.07 Å². The van der Waals surface area contributed by atoms with E-state index in [9.17, 15) is 13.2 Å². The molecule has 0 saturated carbocycles. The van der Waals surface area contributed by atoms with Crippen LogP contribution in [0.1, 0.15) is 43.1 Å². The fourth-order valence-electron chi connectivity index (χ4n) is 3.02. The van der Waals surface area contributed by atoms with Gasteiger partial charge in [-0.3, -0.25) is 4.99 Å². The molecule has 1 aliphatic rings. The lowest BCUT2D eigenvalue weighted by atomic mass is 10.0. The molecule has 0 aromatic heterocycles. The maximum absolute atomic E-state index is 13.1. The predicted molar refractivity (Wildman–Crippen MR) is 111 cm³/mol. The maximum Gasteiger partial charge on any atom is 0.416 e. The van der Waals surface area contributed by atoms with Crippen molar-refractivity contribution in [2.24, 2.45) is 10.9 Å². The minimum absolute atomic E-state index is 0.332. The molecule has 0 aliphatic carbocycles. The summed E-state index contributed by atoms with van der Waals surface area (Å²) in [5.74, 6) is 1.58.